The standard InChI is InChI=1S/C13H21ClO3Si/c1-10(18(2,3)4)16-9-17-12-8-6-5-7-11(12)13(14)15/h5-8,10,13,15H,9H2,1-4H3. The molecule has 0 aliphatic heterocycles. The van der Waals surface area contributed by atoms with E-state index >= 15 is 0 Å². The number of para-hydroxylation sites is 1. The van der Waals surface area contributed by atoms with Gasteiger partial charge in [0.25, 0.3) is 0 Å². The van der Waals surface area contributed by atoms with E-state index in [1.807, 2.05) is 6.07 Å². The number of hydrogen-bond acceptors (Lipinski definition) is 3. The summed E-state index contributed by atoms with van der Waals surface area (Å²) in [6, 6.07) is 7.14. The first kappa shape index (κ1) is 15.5. The summed E-state index contributed by atoms with van der Waals surface area (Å²) >= 11 is 5.66. The van der Waals surface area contributed by atoms with Gasteiger partial charge in [-0.1, -0.05) is 49.4 Å². The van der Waals surface area contributed by atoms with Crippen LogP contribution in [0.2, 0.25) is 19.6 Å². The van der Waals surface area contributed by atoms with E-state index in [-0.39, 0.29) is 12.5 Å². The number of benzene rings is 1. The quantitative estimate of drug-likeness (QED) is 0.494. The molecule has 18 heavy (non-hydrogen) atoms. The first-order valence-corrected chi connectivity index (χ1v) is 9.99. The molecule has 0 amide bonds. The number of ether oxygens (including phenoxy) is 2. The Morgan fingerprint density at radius 2 is 1.89 bits per heavy atom. The molecule has 0 heterocycles. The van der Waals surface area contributed by atoms with E-state index in [9.17, 15) is 5.11 Å². The molecule has 1 aromatic carbocycles. The summed E-state index contributed by atoms with van der Waals surface area (Å²) in [7, 11) is -1.31. The van der Waals surface area contributed by atoms with E-state index in [1.165, 1.54) is 0 Å². The van der Waals surface area contributed by atoms with Crippen molar-refractivity contribution in [2.45, 2.75) is 37.9 Å². The largest absolute Gasteiger partial charge is 0.467 e. The summed E-state index contributed by atoms with van der Waals surface area (Å²) < 4.78 is 11.2. The molecule has 2 unspecified atom stereocenters. The van der Waals surface area contributed by atoms with E-state index in [0.717, 1.165) is 0 Å². The molecule has 0 aliphatic rings. The molecule has 0 fully saturated rings. The lowest BCUT2D eigenvalue weighted by molar-refractivity contribution is -0.000789. The smallest absolute Gasteiger partial charge is 0.188 e. The lowest BCUT2D eigenvalue weighted by Gasteiger charge is -2.25. The Morgan fingerprint density at radius 1 is 1.28 bits per heavy atom. The monoisotopic (exact) mass is 288 g/mol. The molecule has 0 saturated carbocycles. The van der Waals surface area contributed by atoms with Crippen molar-refractivity contribution in [3.8, 4) is 5.75 Å². The van der Waals surface area contributed by atoms with Crippen molar-refractivity contribution in [2.75, 3.05) is 6.79 Å². The van der Waals surface area contributed by atoms with Gasteiger partial charge in [-0.25, -0.2) is 0 Å². The lowest BCUT2D eigenvalue weighted by atomic mass is 10.2. The number of halogens is 1. The predicted molar refractivity (Wildman–Crippen MR) is 76.6 cm³/mol. The minimum Gasteiger partial charge on any atom is -0.467 e. The van der Waals surface area contributed by atoms with E-state index in [4.69, 9.17) is 21.1 Å². The highest BCUT2D eigenvalue weighted by Gasteiger charge is 2.23. The van der Waals surface area contributed by atoms with Gasteiger partial charge in [0.05, 0.1) is 8.07 Å². The van der Waals surface area contributed by atoms with Gasteiger partial charge in [-0.05, 0) is 13.0 Å². The third kappa shape index (κ3) is 4.61. The lowest BCUT2D eigenvalue weighted by Crippen LogP contribution is -2.38. The highest BCUT2D eigenvalue weighted by Crippen LogP contribution is 2.27. The summed E-state index contributed by atoms with van der Waals surface area (Å²) in [5.41, 5.74) is -0.287. The summed E-state index contributed by atoms with van der Waals surface area (Å²) in [6.07, 6.45) is 0. The van der Waals surface area contributed by atoms with Crippen molar-refractivity contribution >= 4 is 19.7 Å². The van der Waals surface area contributed by atoms with Gasteiger partial charge in [0, 0.05) is 11.3 Å². The van der Waals surface area contributed by atoms with E-state index < -0.39 is 13.6 Å². The molecular weight excluding hydrogens is 268 g/mol. The molecule has 5 heteroatoms. The zero-order chi connectivity index (χ0) is 13.8. The van der Waals surface area contributed by atoms with Crippen molar-refractivity contribution in [2.24, 2.45) is 0 Å². The fraction of sp³-hybridized carbons (Fsp3) is 0.538. The molecule has 2 atom stereocenters. The fourth-order valence-electron chi connectivity index (χ4n) is 1.26. The minimum atomic E-state index is -1.31. The van der Waals surface area contributed by atoms with Crippen LogP contribution in [0.3, 0.4) is 0 Å². The zero-order valence-electron chi connectivity index (χ0n) is 11.3. The van der Waals surface area contributed by atoms with Gasteiger partial charge < -0.3 is 14.6 Å². The van der Waals surface area contributed by atoms with Crippen LogP contribution < -0.4 is 4.74 Å². The molecule has 1 N–H and O–H groups in total. The number of alkyl halides is 1. The molecular formula is C13H21ClO3Si. The summed E-state index contributed by atoms with van der Waals surface area (Å²) in [5, 5.41) is 9.39. The number of aliphatic hydroxyl groups excluding tert-OH is 1. The number of hydrogen-bond donors (Lipinski definition) is 1. The summed E-state index contributed by atoms with van der Waals surface area (Å²) in [5.74, 6) is 0.558. The Bertz CT molecular complexity index is 377. The van der Waals surface area contributed by atoms with Crippen molar-refractivity contribution < 1.29 is 14.6 Å². The molecule has 0 aliphatic carbocycles. The average Bonchev–Trinajstić information content (AvgIpc) is 2.28. The van der Waals surface area contributed by atoms with E-state index in [2.05, 4.69) is 26.6 Å². The second-order valence-electron chi connectivity index (χ2n) is 5.31. The maximum Gasteiger partial charge on any atom is 0.188 e. The Labute approximate surface area is 115 Å². The fourth-order valence-corrected chi connectivity index (χ4v) is 2.01. The van der Waals surface area contributed by atoms with E-state index in [0.29, 0.717) is 11.3 Å². The van der Waals surface area contributed by atoms with Gasteiger partial charge in [0.15, 0.2) is 12.4 Å². The van der Waals surface area contributed by atoms with Crippen LogP contribution in [0.15, 0.2) is 24.3 Å². The second kappa shape index (κ2) is 6.57. The van der Waals surface area contributed by atoms with Crippen molar-refractivity contribution in [3.63, 3.8) is 0 Å². The maximum atomic E-state index is 9.39. The van der Waals surface area contributed by atoms with Crippen LogP contribution in [0, 0.1) is 0 Å². The maximum absolute atomic E-state index is 9.39. The molecule has 3 nitrogen and oxygen atoms in total. The van der Waals surface area contributed by atoms with Gasteiger partial charge in [-0.2, -0.15) is 0 Å². The highest BCUT2D eigenvalue weighted by atomic mass is 35.5. The van der Waals surface area contributed by atoms with Crippen LogP contribution in [0.5, 0.6) is 5.75 Å². The Balaban J connectivity index is 2.54. The first-order chi connectivity index (χ1) is 8.32. The van der Waals surface area contributed by atoms with Gasteiger partial charge in [-0.3, -0.25) is 0 Å². The van der Waals surface area contributed by atoms with Crippen LogP contribution in [-0.2, 0) is 4.74 Å². The number of rotatable bonds is 6. The molecule has 0 radical (unpaired) electrons. The third-order valence-corrected chi connectivity index (χ3v) is 5.77. The summed E-state index contributed by atoms with van der Waals surface area (Å²) in [4.78, 5) is 0. The minimum absolute atomic E-state index is 0.173. The van der Waals surface area contributed by atoms with Crippen LogP contribution in [0.4, 0.5) is 0 Å². The second-order valence-corrected chi connectivity index (χ2v) is 11.3. The van der Waals surface area contributed by atoms with Gasteiger partial charge in [-0.15, -0.1) is 0 Å². The van der Waals surface area contributed by atoms with Crippen LogP contribution in [0.1, 0.15) is 18.1 Å². The predicted octanol–water partition coefficient (Wildman–Crippen LogP) is 3.54. The topological polar surface area (TPSA) is 38.7 Å². The molecule has 1 rings (SSSR count). The van der Waals surface area contributed by atoms with Gasteiger partial charge >= 0.3 is 0 Å². The molecule has 1 aromatic rings. The normalized spacial score (nSPS) is 15.2. The van der Waals surface area contributed by atoms with Crippen LogP contribution in [0.25, 0.3) is 0 Å². The van der Waals surface area contributed by atoms with Crippen molar-refractivity contribution in [1.82, 2.24) is 0 Å². The van der Waals surface area contributed by atoms with Gasteiger partial charge in [0.1, 0.15) is 5.75 Å². The molecule has 0 bridgehead atoms. The Kier molecular flexibility index (Phi) is 5.66. The zero-order valence-corrected chi connectivity index (χ0v) is 13.1. The van der Waals surface area contributed by atoms with E-state index in [1.54, 1.807) is 18.2 Å². The Hall–Kier alpha value is -0.553. The molecule has 102 valence electrons. The Morgan fingerprint density at radius 3 is 2.44 bits per heavy atom. The third-order valence-electron chi connectivity index (χ3n) is 2.93. The molecule has 0 saturated heterocycles. The van der Waals surface area contributed by atoms with Gasteiger partial charge in [0.2, 0.25) is 0 Å². The number of aliphatic hydroxyl groups is 1. The highest BCUT2D eigenvalue weighted by molar-refractivity contribution is 6.77. The van der Waals surface area contributed by atoms with Crippen LogP contribution in [-0.4, -0.2) is 25.7 Å². The molecule has 0 spiro atoms. The SMILES string of the molecule is CC(OCOc1ccccc1C(O)Cl)[Si](C)(C)C. The first-order valence-electron chi connectivity index (χ1n) is 5.98. The van der Waals surface area contributed by atoms with Crippen LogP contribution >= 0.6 is 11.6 Å². The van der Waals surface area contributed by atoms with Crippen molar-refractivity contribution in [1.29, 1.82) is 0 Å². The molecule has 0 aromatic heterocycles. The average molecular weight is 289 g/mol. The summed E-state index contributed by atoms with van der Waals surface area (Å²) in [6.45, 7) is 8.97. The van der Waals surface area contributed by atoms with Crippen molar-refractivity contribution in [3.05, 3.63) is 29.8 Å².